The molecule has 2 aromatic rings. The Bertz CT molecular complexity index is 669. The number of aromatic nitrogens is 1. The number of hydrogen-bond donors (Lipinski definition) is 1. The van der Waals surface area contributed by atoms with Crippen LogP contribution in [0.25, 0.3) is 0 Å². The van der Waals surface area contributed by atoms with Gasteiger partial charge >= 0.3 is 6.03 Å². The number of amides is 2. The van der Waals surface area contributed by atoms with Crippen LogP contribution in [0.2, 0.25) is 0 Å². The monoisotopic (exact) mass is 338 g/mol. The Morgan fingerprint density at radius 3 is 2.48 bits per heavy atom. The summed E-state index contributed by atoms with van der Waals surface area (Å²) >= 11 is 0. The van der Waals surface area contributed by atoms with Crippen LogP contribution < -0.4 is 10.2 Å². The van der Waals surface area contributed by atoms with Gasteiger partial charge in [0.15, 0.2) is 0 Å². The number of hydrogen-bond acceptors (Lipinski definition) is 3. The molecule has 2 heterocycles. The summed E-state index contributed by atoms with van der Waals surface area (Å²) in [4.78, 5) is 21.0. The molecule has 1 unspecified atom stereocenters. The second-order valence-corrected chi connectivity index (χ2v) is 6.59. The fourth-order valence-corrected chi connectivity index (χ4v) is 3.19. The van der Waals surface area contributed by atoms with E-state index in [1.54, 1.807) is 11.1 Å². The molecule has 5 heteroatoms. The third-order valence-electron chi connectivity index (χ3n) is 4.96. The minimum Gasteiger partial charge on any atom is -0.371 e. The maximum Gasteiger partial charge on any atom is 0.317 e. The minimum atomic E-state index is -0.0504. The van der Waals surface area contributed by atoms with Gasteiger partial charge in [0.1, 0.15) is 0 Å². The Hall–Kier alpha value is -2.56. The predicted octanol–water partition coefficient (Wildman–Crippen LogP) is 3.45. The van der Waals surface area contributed by atoms with E-state index in [1.807, 2.05) is 38.2 Å². The highest BCUT2D eigenvalue weighted by Crippen LogP contribution is 2.20. The maximum absolute atomic E-state index is 12.6. The average Bonchev–Trinajstić information content (AvgIpc) is 2.68. The van der Waals surface area contributed by atoms with Gasteiger partial charge in [0.05, 0.1) is 11.7 Å². The number of piperidine rings is 1. The lowest BCUT2D eigenvalue weighted by molar-refractivity contribution is 0.187. The Morgan fingerprint density at radius 2 is 1.84 bits per heavy atom. The normalized spacial score (nSPS) is 16.3. The summed E-state index contributed by atoms with van der Waals surface area (Å²) in [5.74, 6) is 0. The summed E-state index contributed by atoms with van der Waals surface area (Å²) in [6, 6.07) is 16.4. The van der Waals surface area contributed by atoms with Crippen molar-refractivity contribution in [3.8, 4) is 0 Å². The molecule has 1 aromatic heterocycles. The fourth-order valence-electron chi connectivity index (χ4n) is 3.19. The van der Waals surface area contributed by atoms with E-state index in [1.165, 1.54) is 5.69 Å². The molecule has 25 heavy (non-hydrogen) atoms. The van der Waals surface area contributed by atoms with Crippen LogP contribution in [0.5, 0.6) is 0 Å². The van der Waals surface area contributed by atoms with Crippen molar-refractivity contribution in [1.29, 1.82) is 0 Å². The van der Waals surface area contributed by atoms with Crippen molar-refractivity contribution in [3.63, 3.8) is 0 Å². The number of anilines is 1. The van der Waals surface area contributed by atoms with Gasteiger partial charge in [0, 0.05) is 38.1 Å². The molecule has 0 saturated carbocycles. The first-order chi connectivity index (χ1) is 12.1. The smallest absolute Gasteiger partial charge is 0.317 e. The minimum absolute atomic E-state index is 0.0312. The summed E-state index contributed by atoms with van der Waals surface area (Å²) in [6.45, 7) is 3.93. The molecule has 2 amide bonds. The van der Waals surface area contributed by atoms with E-state index in [2.05, 4.69) is 39.5 Å². The number of para-hydroxylation sites is 1. The molecule has 0 bridgehead atoms. The zero-order valence-electron chi connectivity index (χ0n) is 14.9. The highest BCUT2D eigenvalue weighted by molar-refractivity contribution is 5.74. The van der Waals surface area contributed by atoms with Gasteiger partial charge in [-0.3, -0.25) is 4.98 Å². The molecule has 1 saturated heterocycles. The summed E-state index contributed by atoms with van der Waals surface area (Å²) in [5, 5.41) is 3.17. The highest BCUT2D eigenvalue weighted by atomic mass is 16.2. The second-order valence-electron chi connectivity index (χ2n) is 6.59. The molecular weight excluding hydrogens is 312 g/mol. The van der Waals surface area contributed by atoms with Crippen LogP contribution in [-0.4, -0.2) is 42.1 Å². The van der Waals surface area contributed by atoms with Crippen LogP contribution in [0, 0.1) is 0 Å². The lowest BCUT2D eigenvalue weighted by Crippen LogP contribution is -2.48. The van der Waals surface area contributed by atoms with E-state index in [9.17, 15) is 4.79 Å². The van der Waals surface area contributed by atoms with Gasteiger partial charge in [-0.25, -0.2) is 4.79 Å². The van der Waals surface area contributed by atoms with Crippen molar-refractivity contribution in [2.75, 3.05) is 25.0 Å². The molecule has 0 aliphatic carbocycles. The zero-order chi connectivity index (χ0) is 17.6. The van der Waals surface area contributed by atoms with Gasteiger partial charge in [-0.1, -0.05) is 24.3 Å². The number of nitrogens with zero attached hydrogens (tertiary/aromatic N) is 3. The molecule has 1 aliphatic rings. The predicted molar refractivity (Wildman–Crippen MR) is 101 cm³/mol. The molecule has 0 radical (unpaired) electrons. The SMILES string of the molecule is CC(c1ccccn1)N(C)C(=O)NC1CCN(c2ccccc2)CC1. The van der Waals surface area contributed by atoms with Gasteiger partial charge in [-0.2, -0.15) is 0 Å². The third-order valence-corrected chi connectivity index (χ3v) is 4.96. The molecule has 0 spiro atoms. The van der Waals surface area contributed by atoms with Crippen molar-refractivity contribution in [1.82, 2.24) is 15.2 Å². The van der Waals surface area contributed by atoms with Crippen LogP contribution in [0.15, 0.2) is 54.7 Å². The second kappa shape index (κ2) is 8.01. The molecule has 1 aliphatic heterocycles. The van der Waals surface area contributed by atoms with Crippen LogP contribution in [-0.2, 0) is 0 Å². The maximum atomic E-state index is 12.6. The number of pyridine rings is 1. The first-order valence-corrected chi connectivity index (χ1v) is 8.89. The van der Waals surface area contributed by atoms with Crippen molar-refractivity contribution in [3.05, 3.63) is 60.4 Å². The Kier molecular flexibility index (Phi) is 5.53. The zero-order valence-corrected chi connectivity index (χ0v) is 14.9. The van der Waals surface area contributed by atoms with E-state index < -0.39 is 0 Å². The van der Waals surface area contributed by atoms with Crippen molar-refractivity contribution >= 4 is 11.7 Å². The van der Waals surface area contributed by atoms with Gasteiger partial charge < -0.3 is 15.1 Å². The summed E-state index contributed by atoms with van der Waals surface area (Å²) in [6.07, 6.45) is 3.69. The Morgan fingerprint density at radius 1 is 1.16 bits per heavy atom. The number of carbonyl (C=O) groups is 1. The van der Waals surface area contributed by atoms with Crippen LogP contribution in [0.3, 0.4) is 0 Å². The third kappa shape index (κ3) is 4.29. The number of rotatable bonds is 4. The number of urea groups is 1. The van der Waals surface area contributed by atoms with Gasteiger partial charge in [-0.05, 0) is 44.0 Å². The number of nitrogens with one attached hydrogen (secondary N) is 1. The lowest BCUT2D eigenvalue weighted by atomic mass is 10.0. The molecule has 1 atom stereocenters. The van der Waals surface area contributed by atoms with E-state index in [0.717, 1.165) is 31.6 Å². The quantitative estimate of drug-likeness (QED) is 0.929. The van der Waals surface area contributed by atoms with Gasteiger partial charge in [-0.15, -0.1) is 0 Å². The summed E-state index contributed by atoms with van der Waals surface area (Å²) in [5.41, 5.74) is 2.16. The molecule has 1 N–H and O–H groups in total. The van der Waals surface area contributed by atoms with Crippen molar-refractivity contribution < 1.29 is 4.79 Å². The van der Waals surface area contributed by atoms with E-state index in [0.29, 0.717) is 0 Å². The van der Waals surface area contributed by atoms with Crippen LogP contribution in [0.1, 0.15) is 31.5 Å². The lowest BCUT2D eigenvalue weighted by Gasteiger charge is -2.35. The largest absolute Gasteiger partial charge is 0.371 e. The first-order valence-electron chi connectivity index (χ1n) is 8.89. The average molecular weight is 338 g/mol. The topological polar surface area (TPSA) is 48.5 Å². The van der Waals surface area contributed by atoms with E-state index in [-0.39, 0.29) is 18.1 Å². The van der Waals surface area contributed by atoms with Gasteiger partial charge in [0.25, 0.3) is 0 Å². The highest BCUT2D eigenvalue weighted by Gasteiger charge is 2.24. The Labute approximate surface area is 149 Å². The fraction of sp³-hybridized carbons (Fsp3) is 0.400. The standard InChI is InChI=1S/C20H26N4O/c1-16(19-10-6-7-13-21-19)23(2)20(25)22-17-11-14-24(15-12-17)18-8-4-3-5-9-18/h3-10,13,16-17H,11-12,14-15H2,1-2H3,(H,22,25). The van der Waals surface area contributed by atoms with E-state index in [4.69, 9.17) is 0 Å². The molecule has 132 valence electrons. The van der Waals surface area contributed by atoms with Crippen LogP contribution >= 0.6 is 0 Å². The molecule has 5 nitrogen and oxygen atoms in total. The van der Waals surface area contributed by atoms with Crippen LogP contribution in [0.4, 0.5) is 10.5 Å². The van der Waals surface area contributed by atoms with Crippen molar-refractivity contribution in [2.45, 2.75) is 31.8 Å². The molecule has 3 rings (SSSR count). The first kappa shape index (κ1) is 17.3. The van der Waals surface area contributed by atoms with Gasteiger partial charge in [0.2, 0.25) is 0 Å². The molecule has 1 fully saturated rings. The number of carbonyl (C=O) groups excluding carboxylic acids is 1. The number of benzene rings is 1. The summed E-state index contributed by atoms with van der Waals surface area (Å²) < 4.78 is 0. The Balaban J connectivity index is 1.50. The van der Waals surface area contributed by atoms with E-state index >= 15 is 0 Å². The molecule has 1 aromatic carbocycles. The molecular formula is C20H26N4O. The summed E-state index contributed by atoms with van der Waals surface area (Å²) in [7, 11) is 1.83. The van der Waals surface area contributed by atoms with Crippen molar-refractivity contribution in [2.24, 2.45) is 0 Å².